The third-order valence-electron chi connectivity index (χ3n) is 4.26. The van der Waals surface area contributed by atoms with Gasteiger partial charge in [-0.3, -0.25) is 14.5 Å². The summed E-state index contributed by atoms with van der Waals surface area (Å²) in [7, 11) is 0. The molecule has 0 bridgehead atoms. The molecule has 1 saturated carbocycles. The Bertz CT molecular complexity index is 317. The van der Waals surface area contributed by atoms with Crippen LogP contribution in [0.4, 0.5) is 0 Å². The fraction of sp³-hybridized carbons (Fsp3) is 0.857. The van der Waals surface area contributed by atoms with E-state index in [-0.39, 0.29) is 29.7 Å². The lowest BCUT2D eigenvalue weighted by molar-refractivity contribution is -0.142. The van der Waals surface area contributed by atoms with Crippen molar-refractivity contribution in [3.05, 3.63) is 0 Å². The van der Waals surface area contributed by atoms with Gasteiger partial charge in [-0.1, -0.05) is 26.7 Å². The molecule has 2 aliphatic rings. The third kappa shape index (κ3) is 2.30. The van der Waals surface area contributed by atoms with Crippen LogP contribution in [0.3, 0.4) is 0 Å². The van der Waals surface area contributed by atoms with E-state index in [2.05, 4.69) is 13.8 Å². The second-order valence-corrected chi connectivity index (χ2v) is 6.06. The minimum absolute atomic E-state index is 0.0424. The summed E-state index contributed by atoms with van der Waals surface area (Å²) >= 11 is 0. The van der Waals surface area contributed by atoms with Gasteiger partial charge >= 0.3 is 0 Å². The maximum atomic E-state index is 12.4. The molecule has 1 aliphatic heterocycles. The van der Waals surface area contributed by atoms with Crippen molar-refractivity contribution in [1.29, 1.82) is 0 Å². The van der Waals surface area contributed by atoms with Crippen LogP contribution in [0.1, 0.15) is 46.0 Å². The fourth-order valence-corrected chi connectivity index (χ4v) is 3.40. The number of fused-ring (bicyclic) bond motifs is 1. The van der Waals surface area contributed by atoms with Crippen molar-refractivity contribution in [2.45, 2.75) is 52.0 Å². The van der Waals surface area contributed by atoms with E-state index in [0.717, 1.165) is 32.1 Å². The molecule has 18 heavy (non-hydrogen) atoms. The molecule has 1 heterocycles. The third-order valence-corrected chi connectivity index (χ3v) is 4.26. The first-order valence-corrected chi connectivity index (χ1v) is 7.13. The van der Waals surface area contributed by atoms with E-state index in [4.69, 9.17) is 5.73 Å². The number of likely N-dealkylation sites (tertiary alicyclic amines) is 1. The van der Waals surface area contributed by atoms with E-state index in [1.54, 1.807) is 0 Å². The Morgan fingerprint density at radius 3 is 2.06 bits per heavy atom. The van der Waals surface area contributed by atoms with E-state index in [9.17, 15) is 9.59 Å². The number of rotatable bonds is 4. The van der Waals surface area contributed by atoms with E-state index < -0.39 is 0 Å². The highest BCUT2D eigenvalue weighted by Crippen LogP contribution is 2.39. The first-order valence-electron chi connectivity index (χ1n) is 7.13. The van der Waals surface area contributed by atoms with Crippen LogP contribution >= 0.6 is 0 Å². The first kappa shape index (κ1) is 13.5. The SMILES string of the molecule is CC(C)CC(CN)N1C(=O)C2CCCCC2C1=O. The fourth-order valence-electron chi connectivity index (χ4n) is 3.40. The Morgan fingerprint density at radius 2 is 1.67 bits per heavy atom. The van der Waals surface area contributed by atoms with Crippen molar-refractivity contribution >= 4 is 11.8 Å². The van der Waals surface area contributed by atoms with Crippen LogP contribution < -0.4 is 5.73 Å². The summed E-state index contributed by atoms with van der Waals surface area (Å²) < 4.78 is 0. The van der Waals surface area contributed by atoms with Crippen LogP contribution in [0.5, 0.6) is 0 Å². The Morgan fingerprint density at radius 1 is 1.17 bits per heavy atom. The quantitative estimate of drug-likeness (QED) is 0.772. The molecule has 1 aliphatic carbocycles. The summed E-state index contributed by atoms with van der Waals surface area (Å²) in [6.07, 6.45) is 4.72. The van der Waals surface area contributed by atoms with Crippen LogP contribution in [0.15, 0.2) is 0 Å². The second-order valence-electron chi connectivity index (χ2n) is 6.06. The van der Waals surface area contributed by atoms with E-state index in [1.807, 2.05) is 0 Å². The van der Waals surface area contributed by atoms with Gasteiger partial charge in [-0.15, -0.1) is 0 Å². The van der Waals surface area contributed by atoms with Crippen molar-refractivity contribution in [1.82, 2.24) is 4.90 Å². The van der Waals surface area contributed by atoms with Crippen molar-refractivity contribution in [2.75, 3.05) is 6.54 Å². The van der Waals surface area contributed by atoms with Gasteiger partial charge in [0, 0.05) is 6.54 Å². The Labute approximate surface area is 109 Å². The maximum Gasteiger partial charge on any atom is 0.233 e. The lowest BCUT2D eigenvalue weighted by atomic mass is 9.81. The molecule has 3 atom stereocenters. The molecule has 4 heteroatoms. The van der Waals surface area contributed by atoms with Gasteiger partial charge in [-0.25, -0.2) is 0 Å². The molecular formula is C14H24N2O2. The molecule has 102 valence electrons. The Hall–Kier alpha value is -0.900. The number of carbonyl (C=O) groups is 2. The summed E-state index contributed by atoms with van der Waals surface area (Å²) in [5.74, 6) is 0.434. The monoisotopic (exact) mass is 252 g/mol. The molecule has 1 saturated heterocycles. The molecule has 4 nitrogen and oxygen atoms in total. The average molecular weight is 252 g/mol. The topological polar surface area (TPSA) is 63.4 Å². The van der Waals surface area contributed by atoms with Gasteiger partial charge in [0.05, 0.1) is 17.9 Å². The lowest BCUT2D eigenvalue weighted by Gasteiger charge is -2.27. The van der Waals surface area contributed by atoms with E-state index in [0.29, 0.717) is 12.5 Å². The number of imide groups is 1. The molecular weight excluding hydrogens is 228 g/mol. The standard InChI is InChI=1S/C14H24N2O2/c1-9(2)7-10(8-15)16-13(17)11-5-3-4-6-12(11)14(16)18/h9-12H,3-8,15H2,1-2H3. The molecule has 2 rings (SSSR count). The van der Waals surface area contributed by atoms with Crippen molar-refractivity contribution in [3.63, 3.8) is 0 Å². The number of hydrogen-bond acceptors (Lipinski definition) is 3. The molecule has 2 N–H and O–H groups in total. The molecule has 0 aromatic heterocycles. The molecule has 0 aromatic carbocycles. The average Bonchev–Trinajstić information content (AvgIpc) is 2.60. The molecule has 2 fully saturated rings. The highest BCUT2D eigenvalue weighted by molar-refractivity contribution is 6.05. The summed E-state index contributed by atoms with van der Waals surface area (Å²) in [5, 5.41) is 0. The zero-order chi connectivity index (χ0) is 13.3. The maximum absolute atomic E-state index is 12.4. The van der Waals surface area contributed by atoms with Crippen LogP contribution in [0.25, 0.3) is 0 Å². The summed E-state index contributed by atoms with van der Waals surface area (Å²) in [6.45, 7) is 4.58. The molecule has 3 unspecified atom stereocenters. The van der Waals surface area contributed by atoms with Gasteiger partial charge in [0.2, 0.25) is 11.8 Å². The molecule has 0 spiro atoms. The van der Waals surface area contributed by atoms with Gasteiger partial charge in [-0.2, -0.15) is 0 Å². The van der Waals surface area contributed by atoms with Crippen molar-refractivity contribution in [3.8, 4) is 0 Å². The van der Waals surface area contributed by atoms with Crippen molar-refractivity contribution in [2.24, 2.45) is 23.5 Å². The highest BCUT2D eigenvalue weighted by atomic mass is 16.2. The van der Waals surface area contributed by atoms with Crippen molar-refractivity contribution < 1.29 is 9.59 Å². The summed E-state index contributed by atoms with van der Waals surface area (Å²) in [5.41, 5.74) is 5.77. The minimum atomic E-state index is -0.101. The molecule has 0 radical (unpaired) electrons. The largest absolute Gasteiger partial charge is 0.328 e. The predicted molar refractivity (Wildman–Crippen MR) is 69.6 cm³/mol. The second kappa shape index (κ2) is 5.39. The zero-order valence-corrected chi connectivity index (χ0v) is 11.4. The summed E-state index contributed by atoms with van der Waals surface area (Å²) in [4.78, 5) is 26.3. The number of carbonyl (C=O) groups excluding carboxylic acids is 2. The van der Waals surface area contributed by atoms with Crippen LogP contribution in [-0.2, 0) is 9.59 Å². The van der Waals surface area contributed by atoms with E-state index >= 15 is 0 Å². The highest BCUT2D eigenvalue weighted by Gasteiger charge is 2.50. The lowest BCUT2D eigenvalue weighted by Crippen LogP contribution is -2.45. The number of amides is 2. The van der Waals surface area contributed by atoms with Gasteiger partial charge in [0.1, 0.15) is 0 Å². The predicted octanol–water partition coefficient (Wildman–Crippen LogP) is 1.53. The minimum Gasteiger partial charge on any atom is -0.328 e. The number of nitrogens with zero attached hydrogens (tertiary/aromatic N) is 1. The summed E-state index contributed by atoms with van der Waals surface area (Å²) in [6, 6.07) is -0.101. The first-order chi connectivity index (χ1) is 8.56. The molecule has 0 aromatic rings. The van der Waals surface area contributed by atoms with Crippen LogP contribution in [0.2, 0.25) is 0 Å². The van der Waals surface area contributed by atoms with Gasteiger partial charge in [-0.05, 0) is 25.2 Å². The van der Waals surface area contributed by atoms with Gasteiger partial charge in [0.15, 0.2) is 0 Å². The van der Waals surface area contributed by atoms with Gasteiger partial charge in [0.25, 0.3) is 0 Å². The van der Waals surface area contributed by atoms with Crippen LogP contribution in [0, 0.1) is 17.8 Å². The van der Waals surface area contributed by atoms with Gasteiger partial charge < -0.3 is 5.73 Å². The Balaban J connectivity index is 2.16. The zero-order valence-electron chi connectivity index (χ0n) is 11.4. The Kier molecular flexibility index (Phi) is 4.05. The number of hydrogen-bond donors (Lipinski definition) is 1. The normalized spacial score (nSPS) is 29.9. The molecule has 2 amide bonds. The number of nitrogens with two attached hydrogens (primary N) is 1. The van der Waals surface area contributed by atoms with E-state index in [1.165, 1.54) is 4.90 Å². The van der Waals surface area contributed by atoms with Crippen LogP contribution in [-0.4, -0.2) is 29.3 Å². The smallest absolute Gasteiger partial charge is 0.233 e.